The maximum absolute atomic E-state index is 13.5. The molecule has 5 aromatic carbocycles. The first-order valence-corrected chi connectivity index (χ1v) is 17.0. The van der Waals surface area contributed by atoms with Gasteiger partial charge in [0.25, 0.3) is 0 Å². The van der Waals surface area contributed by atoms with Gasteiger partial charge in [0.15, 0.2) is 0 Å². The average Bonchev–Trinajstić information content (AvgIpc) is 3.38. The molecule has 7 heteroatoms. The first-order chi connectivity index (χ1) is 21.0. The van der Waals surface area contributed by atoms with Gasteiger partial charge in [-0.05, 0) is 38.4 Å². The molecule has 2 N–H and O–H groups in total. The number of aliphatic carboxylic acids is 1. The molecule has 5 aromatic rings. The van der Waals surface area contributed by atoms with Crippen molar-refractivity contribution in [1.82, 2.24) is 5.32 Å². The highest BCUT2D eigenvalue weighted by Crippen LogP contribution is 2.59. The summed E-state index contributed by atoms with van der Waals surface area (Å²) < 4.78 is 5.80. The van der Waals surface area contributed by atoms with E-state index in [1.807, 2.05) is 127 Å². The van der Waals surface area contributed by atoms with Crippen molar-refractivity contribution < 1.29 is 19.4 Å². The molecule has 0 aliphatic heterocycles. The van der Waals surface area contributed by atoms with Gasteiger partial charge in [-0.15, -0.1) is 0 Å². The topological polar surface area (TPSA) is 75.6 Å². The summed E-state index contributed by atoms with van der Waals surface area (Å²) in [6, 6.07) is 40.6. The quantitative estimate of drug-likeness (QED) is 0.180. The second kappa shape index (κ2) is 12.4. The number of rotatable bonds is 9. The van der Waals surface area contributed by atoms with E-state index >= 15 is 0 Å². The second-order valence-electron chi connectivity index (χ2n) is 10.5. The molecule has 5 nitrogen and oxygen atoms in total. The molecule has 0 saturated carbocycles. The Bertz CT molecular complexity index is 1710. The van der Waals surface area contributed by atoms with Crippen molar-refractivity contribution in [3.63, 3.8) is 0 Å². The Morgan fingerprint density at radius 2 is 1.14 bits per heavy atom. The first-order valence-electron chi connectivity index (χ1n) is 14.1. The monoisotopic (exact) mass is 603 g/mol. The lowest BCUT2D eigenvalue weighted by atomic mass is 9.98. The Balaban J connectivity index is 1.35. The van der Waals surface area contributed by atoms with Crippen molar-refractivity contribution >= 4 is 40.5 Å². The van der Waals surface area contributed by atoms with Gasteiger partial charge in [0.05, 0.1) is 5.66 Å². The predicted molar refractivity (Wildman–Crippen MR) is 175 cm³/mol. The third-order valence-corrected chi connectivity index (χ3v) is 13.5. The zero-order valence-electron chi connectivity index (χ0n) is 23.2. The van der Waals surface area contributed by atoms with Gasteiger partial charge in [0.1, 0.15) is 12.6 Å². The van der Waals surface area contributed by atoms with E-state index in [-0.39, 0.29) is 12.5 Å². The molecular formula is C36H30NO4PS. The van der Waals surface area contributed by atoms with Crippen molar-refractivity contribution in [2.45, 2.75) is 17.6 Å². The van der Waals surface area contributed by atoms with Gasteiger partial charge >= 0.3 is 12.1 Å². The van der Waals surface area contributed by atoms with E-state index in [1.165, 1.54) is 0 Å². The van der Waals surface area contributed by atoms with Crippen LogP contribution in [0.1, 0.15) is 28.3 Å². The fourth-order valence-corrected chi connectivity index (χ4v) is 10.9. The first kappa shape index (κ1) is 28.6. The average molecular weight is 604 g/mol. The SMILES string of the molecule is O=C(N[C@H](C(=O)O)[C@@H](c1ccccc1)P(=S)(c1ccccc1)c1ccccc1)OCC1c2ccccc2-c2ccccc21. The van der Waals surface area contributed by atoms with Crippen molar-refractivity contribution in [1.29, 1.82) is 0 Å². The summed E-state index contributed by atoms with van der Waals surface area (Å²) in [6.45, 7) is 0.0771. The minimum Gasteiger partial charge on any atom is -0.480 e. The molecule has 0 saturated heterocycles. The number of carboxylic acid groups (broad SMARTS) is 1. The van der Waals surface area contributed by atoms with Crippen LogP contribution in [0.3, 0.4) is 0 Å². The Hall–Kier alpha value is -4.51. The normalized spacial score (nSPS) is 13.8. The van der Waals surface area contributed by atoms with E-state index in [1.54, 1.807) is 0 Å². The van der Waals surface area contributed by atoms with E-state index in [0.29, 0.717) is 0 Å². The van der Waals surface area contributed by atoms with Crippen LogP contribution in [-0.2, 0) is 21.3 Å². The van der Waals surface area contributed by atoms with Gasteiger partial charge in [-0.3, -0.25) is 0 Å². The van der Waals surface area contributed by atoms with Crippen molar-refractivity contribution in [3.05, 3.63) is 156 Å². The highest BCUT2D eigenvalue weighted by atomic mass is 32.4. The summed E-state index contributed by atoms with van der Waals surface area (Å²) in [6.07, 6.45) is -0.794. The smallest absolute Gasteiger partial charge is 0.407 e. The maximum atomic E-state index is 13.5. The number of hydrogen-bond donors (Lipinski definition) is 2. The summed E-state index contributed by atoms with van der Waals surface area (Å²) in [5, 5.41) is 15.1. The van der Waals surface area contributed by atoms with Gasteiger partial charge in [0, 0.05) is 12.0 Å². The fraction of sp³-hybridized carbons (Fsp3) is 0.111. The molecule has 2 atom stereocenters. The van der Waals surface area contributed by atoms with Crippen LogP contribution in [0.2, 0.25) is 0 Å². The van der Waals surface area contributed by atoms with Crippen LogP contribution in [0.15, 0.2) is 140 Å². The van der Waals surface area contributed by atoms with Crippen molar-refractivity contribution in [2.24, 2.45) is 0 Å². The van der Waals surface area contributed by atoms with Crippen LogP contribution in [0.4, 0.5) is 4.79 Å². The predicted octanol–water partition coefficient (Wildman–Crippen LogP) is 6.85. The maximum Gasteiger partial charge on any atom is 0.407 e. The zero-order chi connectivity index (χ0) is 29.8. The number of amides is 1. The van der Waals surface area contributed by atoms with Crippen molar-refractivity contribution in [3.8, 4) is 11.1 Å². The Morgan fingerprint density at radius 3 is 1.63 bits per heavy atom. The molecule has 0 spiro atoms. The van der Waals surface area contributed by atoms with Crippen LogP contribution in [-0.4, -0.2) is 29.8 Å². The molecule has 0 fully saturated rings. The van der Waals surface area contributed by atoms with E-state index < -0.39 is 29.8 Å². The molecule has 0 heterocycles. The standard InChI is InChI=1S/C36H30NO4PS/c38-35(39)33(37-36(40)41-24-32-30-22-12-10-20-28(30)29-21-11-13-23-31(29)32)34(25-14-4-1-5-15-25)42(43,26-16-6-2-7-17-26)27-18-8-3-9-19-27/h1-23,32-34H,24H2,(H,37,40)(H,38,39)/t33-,34+/m0/s1. The van der Waals surface area contributed by atoms with Crippen LogP contribution in [0, 0.1) is 0 Å². The molecule has 1 aliphatic carbocycles. The minimum atomic E-state index is -2.87. The van der Waals surface area contributed by atoms with Gasteiger partial charge in [-0.1, -0.05) is 151 Å². The Labute approximate surface area is 256 Å². The Kier molecular flexibility index (Phi) is 8.24. The number of carboxylic acids is 1. The number of carbonyl (C=O) groups excluding carboxylic acids is 1. The molecule has 1 aliphatic rings. The molecule has 0 bridgehead atoms. The van der Waals surface area contributed by atoms with Crippen LogP contribution >= 0.6 is 6.04 Å². The van der Waals surface area contributed by atoms with Gasteiger partial charge in [0.2, 0.25) is 0 Å². The second-order valence-corrected chi connectivity index (χ2v) is 15.1. The number of fused-ring (bicyclic) bond motifs is 3. The molecule has 0 aromatic heterocycles. The molecule has 43 heavy (non-hydrogen) atoms. The molecular weight excluding hydrogens is 573 g/mol. The third-order valence-electron chi connectivity index (χ3n) is 8.01. The zero-order valence-corrected chi connectivity index (χ0v) is 25.0. The van der Waals surface area contributed by atoms with E-state index in [9.17, 15) is 14.7 Å². The van der Waals surface area contributed by atoms with Crippen LogP contribution < -0.4 is 15.9 Å². The van der Waals surface area contributed by atoms with E-state index in [2.05, 4.69) is 17.4 Å². The number of alkyl carbamates (subject to hydrolysis) is 1. The van der Waals surface area contributed by atoms with E-state index in [4.69, 9.17) is 16.5 Å². The van der Waals surface area contributed by atoms with Crippen molar-refractivity contribution in [2.75, 3.05) is 6.61 Å². The molecule has 0 radical (unpaired) electrons. The molecule has 214 valence electrons. The summed E-state index contributed by atoms with van der Waals surface area (Å²) in [4.78, 5) is 26.5. The summed E-state index contributed by atoms with van der Waals surface area (Å²) in [5.74, 6) is -1.33. The van der Waals surface area contributed by atoms with Gasteiger partial charge in [-0.25, -0.2) is 9.59 Å². The summed E-state index contributed by atoms with van der Waals surface area (Å²) in [7, 11) is 0. The molecule has 1 amide bonds. The summed E-state index contributed by atoms with van der Waals surface area (Å²) in [5.41, 5.74) is 4.39. The number of carbonyl (C=O) groups is 2. The van der Waals surface area contributed by atoms with Crippen LogP contribution in [0.25, 0.3) is 11.1 Å². The lowest BCUT2D eigenvalue weighted by molar-refractivity contribution is -0.139. The Morgan fingerprint density at radius 1 is 0.698 bits per heavy atom. The third kappa shape index (κ3) is 5.52. The largest absolute Gasteiger partial charge is 0.480 e. The molecule has 6 rings (SSSR count). The number of benzene rings is 5. The summed E-state index contributed by atoms with van der Waals surface area (Å²) >= 11 is 6.58. The highest BCUT2D eigenvalue weighted by molar-refractivity contribution is 8.22. The van der Waals surface area contributed by atoms with Gasteiger partial charge < -0.3 is 15.2 Å². The highest BCUT2D eigenvalue weighted by Gasteiger charge is 2.43. The van der Waals surface area contributed by atoms with Crippen LogP contribution in [0.5, 0.6) is 0 Å². The number of ether oxygens (including phenoxy) is 1. The molecule has 0 unspecified atom stereocenters. The minimum absolute atomic E-state index is 0.0771. The lowest BCUT2D eigenvalue weighted by Gasteiger charge is -2.36. The number of nitrogens with one attached hydrogen (secondary N) is 1. The lowest BCUT2D eigenvalue weighted by Crippen LogP contribution is -2.47. The van der Waals surface area contributed by atoms with E-state index in [0.717, 1.165) is 38.4 Å². The fourth-order valence-electron chi connectivity index (χ4n) is 6.07. The van der Waals surface area contributed by atoms with Gasteiger partial charge in [-0.2, -0.15) is 0 Å². The number of hydrogen-bond acceptors (Lipinski definition) is 4.